The molecule has 1 heterocycles. The van der Waals surface area contributed by atoms with E-state index in [1.807, 2.05) is 13.0 Å². The number of ether oxygens (including phenoxy) is 3. The topological polar surface area (TPSA) is 65.0 Å². The summed E-state index contributed by atoms with van der Waals surface area (Å²) in [6.45, 7) is 2.11. The molecular weight excluding hydrogens is 292 g/mol. The van der Waals surface area contributed by atoms with Gasteiger partial charge in [0.2, 0.25) is 0 Å². The molecule has 2 rings (SSSR count). The minimum Gasteiger partial charge on any atom is -0.493 e. The molecule has 0 fully saturated rings. The molecule has 0 aliphatic heterocycles. The molecule has 21 heavy (non-hydrogen) atoms. The Morgan fingerprint density at radius 2 is 1.86 bits per heavy atom. The Morgan fingerprint density at radius 3 is 2.48 bits per heavy atom. The third kappa shape index (κ3) is 3.46. The molecule has 112 valence electrons. The van der Waals surface area contributed by atoms with Crippen LogP contribution in [-0.4, -0.2) is 25.3 Å². The second-order valence-electron chi connectivity index (χ2n) is 4.33. The molecule has 0 aliphatic carbocycles. The van der Waals surface area contributed by atoms with Crippen molar-refractivity contribution >= 4 is 17.3 Å². The molecule has 0 spiro atoms. The van der Waals surface area contributed by atoms with Crippen molar-refractivity contribution < 1.29 is 24.1 Å². The first-order chi connectivity index (χ1) is 10.0. The van der Waals surface area contributed by atoms with Gasteiger partial charge in [-0.15, -0.1) is 11.3 Å². The van der Waals surface area contributed by atoms with Crippen molar-refractivity contribution in [2.45, 2.75) is 13.5 Å². The van der Waals surface area contributed by atoms with Crippen LogP contribution in [0.15, 0.2) is 24.3 Å². The molecule has 0 saturated carbocycles. The fourth-order valence-electron chi connectivity index (χ4n) is 1.88. The number of hydrogen-bond donors (Lipinski definition) is 1. The normalized spacial score (nSPS) is 10.2. The molecule has 6 heteroatoms. The van der Waals surface area contributed by atoms with E-state index in [1.165, 1.54) is 11.3 Å². The molecule has 0 radical (unpaired) electrons. The smallest absolute Gasteiger partial charge is 0.349 e. The summed E-state index contributed by atoms with van der Waals surface area (Å²) < 4.78 is 16.0. The molecule has 0 aliphatic rings. The van der Waals surface area contributed by atoms with Crippen molar-refractivity contribution in [2.24, 2.45) is 0 Å². The Morgan fingerprint density at radius 1 is 1.14 bits per heavy atom. The zero-order valence-corrected chi connectivity index (χ0v) is 12.8. The number of carboxylic acids is 1. The van der Waals surface area contributed by atoms with Gasteiger partial charge in [-0.25, -0.2) is 4.79 Å². The maximum absolute atomic E-state index is 11.1. The Hall–Kier alpha value is -2.21. The molecule has 5 nitrogen and oxygen atoms in total. The first-order valence-corrected chi connectivity index (χ1v) is 7.04. The highest BCUT2D eigenvalue weighted by molar-refractivity contribution is 7.14. The highest BCUT2D eigenvalue weighted by Gasteiger charge is 2.15. The van der Waals surface area contributed by atoms with Crippen LogP contribution in [0.3, 0.4) is 0 Å². The minimum atomic E-state index is -0.976. The average Bonchev–Trinajstić information content (AvgIpc) is 2.86. The van der Waals surface area contributed by atoms with Gasteiger partial charge in [-0.05, 0) is 30.7 Å². The fraction of sp³-hybridized carbons (Fsp3) is 0.267. The molecule has 0 unspecified atom stereocenters. The van der Waals surface area contributed by atoms with E-state index in [2.05, 4.69) is 0 Å². The lowest BCUT2D eigenvalue weighted by molar-refractivity contribution is 0.0697. The van der Waals surface area contributed by atoms with Crippen LogP contribution in [0.1, 0.15) is 20.1 Å². The van der Waals surface area contributed by atoms with Gasteiger partial charge in [0.15, 0.2) is 16.4 Å². The van der Waals surface area contributed by atoms with Crippen LogP contribution >= 0.6 is 11.3 Å². The van der Waals surface area contributed by atoms with Gasteiger partial charge in [0.05, 0.1) is 14.2 Å². The maximum atomic E-state index is 11.1. The number of aryl methyl sites for hydroxylation is 1. The Bertz CT molecular complexity index is 648. The Balaban J connectivity index is 2.15. The standard InChI is InChI=1S/C15H16O5S/c1-9-6-13(14(21-9)15(16)17)20-8-10-4-5-11(18-2)12(7-10)19-3/h4-7H,8H2,1-3H3,(H,16,17). The zero-order chi connectivity index (χ0) is 15.4. The Labute approximate surface area is 126 Å². The number of carbonyl (C=O) groups is 1. The zero-order valence-electron chi connectivity index (χ0n) is 12.0. The van der Waals surface area contributed by atoms with Crippen molar-refractivity contribution in [3.05, 3.63) is 39.6 Å². The average molecular weight is 308 g/mol. The second kappa shape index (κ2) is 6.49. The number of rotatable bonds is 6. The lowest BCUT2D eigenvalue weighted by atomic mass is 10.2. The van der Waals surface area contributed by atoms with Crippen LogP contribution in [0, 0.1) is 6.92 Å². The summed E-state index contributed by atoms with van der Waals surface area (Å²) in [6.07, 6.45) is 0. The van der Waals surface area contributed by atoms with E-state index in [-0.39, 0.29) is 11.5 Å². The highest BCUT2D eigenvalue weighted by atomic mass is 32.1. The molecule has 2 aromatic rings. The van der Waals surface area contributed by atoms with E-state index >= 15 is 0 Å². The molecule has 0 atom stereocenters. The quantitative estimate of drug-likeness (QED) is 0.886. The van der Waals surface area contributed by atoms with Crippen LogP contribution in [0.5, 0.6) is 17.2 Å². The van der Waals surface area contributed by atoms with Gasteiger partial charge in [-0.2, -0.15) is 0 Å². The van der Waals surface area contributed by atoms with E-state index < -0.39 is 5.97 Å². The number of methoxy groups -OCH3 is 2. The van der Waals surface area contributed by atoms with Gasteiger partial charge in [-0.3, -0.25) is 0 Å². The first-order valence-electron chi connectivity index (χ1n) is 6.22. The van der Waals surface area contributed by atoms with Gasteiger partial charge in [0.1, 0.15) is 12.4 Å². The van der Waals surface area contributed by atoms with Gasteiger partial charge in [0, 0.05) is 4.88 Å². The third-order valence-corrected chi connectivity index (χ3v) is 3.88. The summed E-state index contributed by atoms with van der Waals surface area (Å²) in [5.74, 6) is 0.660. The van der Waals surface area contributed by atoms with Gasteiger partial charge >= 0.3 is 5.97 Å². The van der Waals surface area contributed by atoms with Gasteiger partial charge < -0.3 is 19.3 Å². The fourth-order valence-corrected chi connectivity index (χ4v) is 2.67. The van der Waals surface area contributed by atoms with Crippen LogP contribution in [0.2, 0.25) is 0 Å². The number of aromatic carboxylic acids is 1. The molecule has 1 N–H and O–H groups in total. The summed E-state index contributed by atoms with van der Waals surface area (Å²) in [6, 6.07) is 7.17. The number of thiophene rings is 1. The first kappa shape index (κ1) is 15.2. The van der Waals surface area contributed by atoms with Crippen molar-refractivity contribution in [2.75, 3.05) is 14.2 Å². The van der Waals surface area contributed by atoms with Crippen LogP contribution in [0.25, 0.3) is 0 Å². The predicted molar refractivity (Wildman–Crippen MR) is 79.9 cm³/mol. The maximum Gasteiger partial charge on any atom is 0.349 e. The lowest BCUT2D eigenvalue weighted by Crippen LogP contribution is -2.01. The summed E-state index contributed by atoms with van der Waals surface area (Å²) in [5, 5.41) is 9.12. The van der Waals surface area contributed by atoms with E-state index in [1.54, 1.807) is 32.4 Å². The summed E-state index contributed by atoms with van der Waals surface area (Å²) >= 11 is 1.20. The summed E-state index contributed by atoms with van der Waals surface area (Å²) in [7, 11) is 3.13. The monoisotopic (exact) mass is 308 g/mol. The van der Waals surface area contributed by atoms with Crippen molar-refractivity contribution in [3.63, 3.8) is 0 Å². The van der Waals surface area contributed by atoms with E-state index in [9.17, 15) is 4.79 Å². The minimum absolute atomic E-state index is 0.216. The van der Waals surface area contributed by atoms with Crippen LogP contribution in [-0.2, 0) is 6.61 Å². The molecule has 0 amide bonds. The predicted octanol–water partition coefficient (Wildman–Crippen LogP) is 3.35. The summed E-state index contributed by atoms with van der Waals surface area (Å²) in [4.78, 5) is 12.2. The van der Waals surface area contributed by atoms with E-state index in [4.69, 9.17) is 19.3 Å². The van der Waals surface area contributed by atoms with E-state index in [0.29, 0.717) is 17.2 Å². The van der Waals surface area contributed by atoms with Gasteiger partial charge in [-0.1, -0.05) is 6.07 Å². The van der Waals surface area contributed by atoms with Crippen LogP contribution < -0.4 is 14.2 Å². The second-order valence-corrected chi connectivity index (χ2v) is 5.59. The number of benzene rings is 1. The molecule has 1 aromatic carbocycles. The largest absolute Gasteiger partial charge is 0.493 e. The Kier molecular flexibility index (Phi) is 4.70. The third-order valence-electron chi connectivity index (χ3n) is 2.86. The van der Waals surface area contributed by atoms with Crippen molar-refractivity contribution in [1.82, 2.24) is 0 Å². The lowest BCUT2D eigenvalue weighted by Gasteiger charge is -2.10. The molecular formula is C15H16O5S. The summed E-state index contributed by atoms with van der Waals surface area (Å²) in [5.41, 5.74) is 0.868. The molecule has 0 bridgehead atoms. The van der Waals surface area contributed by atoms with E-state index in [0.717, 1.165) is 10.4 Å². The van der Waals surface area contributed by atoms with Crippen molar-refractivity contribution in [3.8, 4) is 17.2 Å². The number of carboxylic acid groups (broad SMARTS) is 1. The molecule has 0 saturated heterocycles. The van der Waals surface area contributed by atoms with Gasteiger partial charge in [0.25, 0.3) is 0 Å². The SMILES string of the molecule is COc1ccc(COc2cc(C)sc2C(=O)O)cc1OC. The highest BCUT2D eigenvalue weighted by Crippen LogP contribution is 2.31. The number of hydrogen-bond acceptors (Lipinski definition) is 5. The molecule has 1 aromatic heterocycles. The van der Waals surface area contributed by atoms with Crippen molar-refractivity contribution in [1.29, 1.82) is 0 Å². The van der Waals surface area contributed by atoms with Crippen LogP contribution in [0.4, 0.5) is 0 Å².